The van der Waals surface area contributed by atoms with Crippen LogP contribution in [0.15, 0.2) is 17.1 Å². The first-order valence-electron chi connectivity index (χ1n) is 3.53. The van der Waals surface area contributed by atoms with Crippen LogP contribution >= 0.6 is 0 Å². The molecule has 0 aromatic carbocycles. The number of aromatic nitrogens is 1. The molecule has 0 aliphatic heterocycles. The third-order valence-corrected chi connectivity index (χ3v) is 1.40. The van der Waals surface area contributed by atoms with Crippen molar-refractivity contribution in [2.24, 2.45) is 0 Å². The fourth-order valence-corrected chi connectivity index (χ4v) is 0.811. The van der Waals surface area contributed by atoms with Crippen LogP contribution in [0.25, 0.3) is 0 Å². The molecule has 0 radical (unpaired) electrons. The zero-order valence-corrected chi connectivity index (χ0v) is 6.72. The highest BCUT2D eigenvalue weighted by Gasteiger charge is 1.92. The van der Waals surface area contributed by atoms with Crippen molar-refractivity contribution in [2.45, 2.75) is 6.92 Å². The fraction of sp³-hybridized carbons (Fsp3) is 0.222. The fourth-order valence-electron chi connectivity index (χ4n) is 0.811. The third kappa shape index (κ3) is 1.97. The zero-order valence-electron chi connectivity index (χ0n) is 6.72. The van der Waals surface area contributed by atoms with Gasteiger partial charge in [-0.05, 0) is 13.0 Å². The van der Waals surface area contributed by atoms with Gasteiger partial charge in [-0.15, -0.1) is 0 Å². The number of aryl methyl sites for hydroxylation is 1. The van der Waals surface area contributed by atoms with E-state index in [2.05, 4.69) is 16.8 Å². The molecule has 0 amide bonds. The summed E-state index contributed by atoms with van der Waals surface area (Å²) in [4.78, 5) is 13.4. The van der Waals surface area contributed by atoms with Crippen molar-refractivity contribution < 1.29 is 5.11 Å². The first-order chi connectivity index (χ1) is 5.74. The molecule has 1 aromatic heterocycles. The van der Waals surface area contributed by atoms with Gasteiger partial charge in [0.2, 0.25) is 0 Å². The van der Waals surface area contributed by atoms with Crippen molar-refractivity contribution in [3.05, 3.63) is 33.7 Å². The van der Waals surface area contributed by atoms with Gasteiger partial charge in [0, 0.05) is 17.3 Å². The predicted octanol–water partition coefficient (Wildman–Crippen LogP) is 0.0271. The Labute approximate surface area is 70.1 Å². The Morgan fingerprint density at radius 3 is 3.00 bits per heavy atom. The number of aromatic amines is 1. The van der Waals surface area contributed by atoms with Gasteiger partial charge in [0.25, 0.3) is 5.56 Å². The summed E-state index contributed by atoms with van der Waals surface area (Å²) in [5, 5.41) is 8.41. The monoisotopic (exact) mass is 163 g/mol. The van der Waals surface area contributed by atoms with Gasteiger partial charge in [-0.1, -0.05) is 11.8 Å². The van der Waals surface area contributed by atoms with Crippen molar-refractivity contribution in [1.29, 1.82) is 0 Å². The summed E-state index contributed by atoms with van der Waals surface area (Å²) in [6.45, 7) is 1.54. The topological polar surface area (TPSA) is 53.1 Å². The van der Waals surface area contributed by atoms with Crippen LogP contribution in [-0.2, 0) is 0 Å². The van der Waals surface area contributed by atoms with Crippen molar-refractivity contribution in [3.8, 4) is 11.8 Å². The Bertz CT molecular complexity index is 381. The largest absolute Gasteiger partial charge is 0.384 e. The maximum atomic E-state index is 10.9. The van der Waals surface area contributed by atoms with E-state index < -0.39 is 0 Å². The molecule has 12 heavy (non-hydrogen) atoms. The molecule has 0 aliphatic carbocycles. The zero-order chi connectivity index (χ0) is 8.97. The maximum Gasteiger partial charge on any atom is 0.250 e. The van der Waals surface area contributed by atoms with Crippen LogP contribution in [0.2, 0.25) is 0 Å². The number of H-pyrrole nitrogens is 1. The van der Waals surface area contributed by atoms with E-state index in [4.69, 9.17) is 5.11 Å². The van der Waals surface area contributed by atoms with Gasteiger partial charge < -0.3 is 10.1 Å². The minimum Gasteiger partial charge on any atom is -0.384 e. The van der Waals surface area contributed by atoms with Gasteiger partial charge in [0.15, 0.2) is 0 Å². The average molecular weight is 163 g/mol. The first kappa shape index (κ1) is 8.57. The Hall–Kier alpha value is -1.53. The maximum absolute atomic E-state index is 10.9. The van der Waals surface area contributed by atoms with Crippen molar-refractivity contribution >= 4 is 0 Å². The summed E-state index contributed by atoms with van der Waals surface area (Å²) < 4.78 is 0. The molecule has 1 heterocycles. The summed E-state index contributed by atoms with van der Waals surface area (Å²) in [7, 11) is 0. The van der Waals surface area contributed by atoms with E-state index in [0.29, 0.717) is 11.1 Å². The third-order valence-electron chi connectivity index (χ3n) is 1.40. The van der Waals surface area contributed by atoms with Gasteiger partial charge >= 0.3 is 0 Å². The van der Waals surface area contributed by atoms with Crippen LogP contribution in [0, 0.1) is 18.8 Å². The summed E-state index contributed by atoms with van der Waals surface area (Å²) in [6, 6.07) is 1.68. The van der Waals surface area contributed by atoms with Crippen molar-refractivity contribution in [2.75, 3.05) is 6.61 Å². The number of hydrogen-bond acceptors (Lipinski definition) is 2. The van der Waals surface area contributed by atoms with E-state index >= 15 is 0 Å². The van der Waals surface area contributed by atoms with Crippen LogP contribution < -0.4 is 5.56 Å². The molecule has 0 fully saturated rings. The summed E-state index contributed by atoms with van der Waals surface area (Å²) in [5.74, 6) is 5.19. The van der Waals surface area contributed by atoms with E-state index in [-0.39, 0.29) is 12.2 Å². The van der Waals surface area contributed by atoms with Gasteiger partial charge in [0.1, 0.15) is 6.61 Å². The predicted molar refractivity (Wildman–Crippen MR) is 45.8 cm³/mol. The lowest BCUT2D eigenvalue weighted by atomic mass is 10.2. The van der Waals surface area contributed by atoms with Crippen LogP contribution in [0.1, 0.15) is 11.1 Å². The highest BCUT2D eigenvalue weighted by atomic mass is 16.2. The molecular weight excluding hydrogens is 154 g/mol. The Balaban J connectivity index is 3.05. The molecule has 1 rings (SSSR count). The van der Waals surface area contributed by atoms with E-state index in [1.165, 1.54) is 6.20 Å². The Kier molecular flexibility index (Phi) is 2.67. The summed E-state index contributed by atoms with van der Waals surface area (Å²) >= 11 is 0. The highest BCUT2D eigenvalue weighted by molar-refractivity contribution is 5.33. The first-order valence-corrected chi connectivity index (χ1v) is 3.53. The van der Waals surface area contributed by atoms with Gasteiger partial charge in [-0.25, -0.2) is 0 Å². The second kappa shape index (κ2) is 3.74. The van der Waals surface area contributed by atoms with Crippen molar-refractivity contribution in [3.63, 3.8) is 0 Å². The average Bonchev–Trinajstić information content (AvgIpc) is 2.07. The summed E-state index contributed by atoms with van der Waals surface area (Å²) in [6.07, 6.45) is 1.53. The van der Waals surface area contributed by atoms with E-state index in [1.54, 1.807) is 13.0 Å². The summed E-state index contributed by atoms with van der Waals surface area (Å²) in [5.41, 5.74) is 1.23. The van der Waals surface area contributed by atoms with Crippen LogP contribution in [-0.4, -0.2) is 16.7 Å². The second-order valence-corrected chi connectivity index (χ2v) is 2.36. The molecule has 0 aliphatic rings. The highest BCUT2D eigenvalue weighted by Crippen LogP contribution is 1.93. The number of pyridine rings is 1. The number of nitrogens with one attached hydrogen (secondary N) is 1. The van der Waals surface area contributed by atoms with E-state index in [9.17, 15) is 4.79 Å². The molecule has 0 bridgehead atoms. The van der Waals surface area contributed by atoms with E-state index in [1.807, 2.05) is 0 Å². The number of hydrogen-bond donors (Lipinski definition) is 2. The number of aliphatic hydroxyl groups excluding tert-OH is 1. The molecule has 0 spiro atoms. The number of aliphatic hydroxyl groups is 1. The minimum absolute atomic E-state index is 0.107. The Morgan fingerprint density at radius 1 is 1.67 bits per heavy atom. The van der Waals surface area contributed by atoms with Crippen LogP contribution in [0.5, 0.6) is 0 Å². The molecule has 62 valence electrons. The smallest absolute Gasteiger partial charge is 0.250 e. The molecule has 0 atom stereocenters. The van der Waals surface area contributed by atoms with E-state index in [0.717, 1.165) is 0 Å². The molecule has 2 N–H and O–H groups in total. The molecule has 1 aromatic rings. The molecule has 0 saturated heterocycles. The van der Waals surface area contributed by atoms with Crippen molar-refractivity contribution in [1.82, 2.24) is 4.98 Å². The molecule has 0 unspecified atom stereocenters. The molecule has 3 heteroatoms. The lowest BCUT2D eigenvalue weighted by Crippen LogP contribution is -2.08. The molecule has 0 saturated carbocycles. The minimum atomic E-state index is -0.168. The van der Waals surface area contributed by atoms with Gasteiger partial charge in [0.05, 0.1) is 0 Å². The van der Waals surface area contributed by atoms with Gasteiger partial charge in [-0.2, -0.15) is 0 Å². The lowest BCUT2D eigenvalue weighted by Gasteiger charge is -1.91. The SMILES string of the molecule is Cc1cc(C#CCO)c[nH]c1=O. The van der Waals surface area contributed by atoms with Gasteiger partial charge in [-0.3, -0.25) is 4.79 Å². The van der Waals surface area contributed by atoms with Crippen LogP contribution in [0.3, 0.4) is 0 Å². The second-order valence-electron chi connectivity index (χ2n) is 2.36. The quantitative estimate of drug-likeness (QED) is 0.530. The number of rotatable bonds is 0. The normalized spacial score (nSPS) is 8.83. The molecular formula is C9H9NO2. The standard InChI is InChI=1S/C9H9NO2/c1-7-5-8(3-2-4-11)6-10-9(7)12/h5-6,11H,4H2,1H3,(H,10,12). The molecule has 3 nitrogen and oxygen atoms in total. The Morgan fingerprint density at radius 2 is 2.42 bits per heavy atom. The van der Waals surface area contributed by atoms with Crippen LogP contribution in [0.4, 0.5) is 0 Å². The lowest BCUT2D eigenvalue weighted by molar-refractivity contribution is 0.350.